The first-order valence-electron chi connectivity index (χ1n) is 7.21. The molecule has 3 rings (SSSR count). The molecule has 3 aromatic rings. The molecule has 0 aromatic heterocycles. The first kappa shape index (κ1) is 16.0. The lowest BCUT2D eigenvalue weighted by atomic mass is 10.1. The van der Waals surface area contributed by atoms with Gasteiger partial charge >= 0.3 is 0 Å². The lowest BCUT2D eigenvalue weighted by Gasteiger charge is -2.10. The summed E-state index contributed by atoms with van der Waals surface area (Å²) < 4.78 is 21.8. The van der Waals surface area contributed by atoms with Crippen LogP contribution in [0, 0.1) is 0 Å². The van der Waals surface area contributed by atoms with Crippen molar-refractivity contribution >= 4 is 22.8 Å². The quantitative estimate of drug-likeness (QED) is 0.634. The molecule has 1 unspecified atom stereocenters. The van der Waals surface area contributed by atoms with Crippen LogP contribution in [0.1, 0.15) is 11.1 Å². The van der Waals surface area contributed by atoms with Gasteiger partial charge in [-0.15, -0.1) is 0 Å². The highest BCUT2D eigenvalue weighted by Crippen LogP contribution is 2.31. The molecule has 0 saturated heterocycles. The SMILES string of the molecule is O=S([O-])c1ccc(Sc2ccccc2Cc2ccccc2)cc1. The molecule has 116 valence electrons. The van der Waals surface area contributed by atoms with Crippen LogP contribution in [-0.2, 0) is 17.5 Å². The van der Waals surface area contributed by atoms with E-state index in [0.717, 1.165) is 11.3 Å². The Bertz CT molecular complexity index is 799. The summed E-state index contributed by atoms with van der Waals surface area (Å²) in [5, 5.41) is 0. The molecule has 0 radical (unpaired) electrons. The van der Waals surface area contributed by atoms with E-state index in [1.165, 1.54) is 16.0 Å². The summed E-state index contributed by atoms with van der Waals surface area (Å²) in [6, 6.07) is 25.6. The van der Waals surface area contributed by atoms with Crippen LogP contribution in [0.3, 0.4) is 0 Å². The predicted molar refractivity (Wildman–Crippen MR) is 93.4 cm³/mol. The van der Waals surface area contributed by atoms with E-state index >= 15 is 0 Å². The Morgan fingerprint density at radius 1 is 0.826 bits per heavy atom. The molecule has 3 aromatic carbocycles. The minimum Gasteiger partial charge on any atom is -0.768 e. The van der Waals surface area contributed by atoms with Crippen molar-refractivity contribution in [2.75, 3.05) is 0 Å². The van der Waals surface area contributed by atoms with Crippen LogP contribution in [0.15, 0.2) is 93.5 Å². The number of hydrogen-bond acceptors (Lipinski definition) is 3. The molecule has 2 nitrogen and oxygen atoms in total. The van der Waals surface area contributed by atoms with Gasteiger partial charge in [-0.25, -0.2) is 0 Å². The fraction of sp³-hybridized carbons (Fsp3) is 0.0526. The average molecular weight is 339 g/mol. The Morgan fingerprint density at radius 3 is 2.17 bits per heavy atom. The van der Waals surface area contributed by atoms with Gasteiger partial charge in [-0.3, -0.25) is 4.21 Å². The lowest BCUT2D eigenvalue weighted by molar-refractivity contribution is 0.537. The van der Waals surface area contributed by atoms with E-state index in [4.69, 9.17) is 0 Å². The normalized spacial score (nSPS) is 12.0. The van der Waals surface area contributed by atoms with Crippen molar-refractivity contribution in [2.24, 2.45) is 0 Å². The first-order valence-corrected chi connectivity index (χ1v) is 9.10. The smallest absolute Gasteiger partial charge is 0.0249 e. The molecule has 0 aliphatic rings. The third kappa shape index (κ3) is 4.32. The predicted octanol–water partition coefficient (Wildman–Crippen LogP) is 4.67. The molecule has 4 heteroatoms. The summed E-state index contributed by atoms with van der Waals surface area (Å²) in [5.41, 5.74) is 2.54. The van der Waals surface area contributed by atoms with Gasteiger partial charge in [-0.05, 0) is 59.0 Å². The topological polar surface area (TPSA) is 40.1 Å². The average Bonchev–Trinajstić information content (AvgIpc) is 2.58. The fourth-order valence-corrected chi connectivity index (χ4v) is 3.61. The molecule has 0 amide bonds. The van der Waals surface area contributed by atoms with Crippen molar-refractivity contribution in [2.45, 2.75) is 21.1 Å². The van der Waals surface area contributed by atoms with Gasteiger partial charge in [0, 0.05) is 14.7 Å². The van der Waals surface area contributed by atoms with E-state index in [1.54, 1.807) is 23.9 Å². The Hall–Kier alpha value is -1.88. The summed E-state index contributed by atoms with van der Waals surface area (Å²) in [6.45, 7) is 0. The molecular weight excluding hydrogens is 324 g/mol. The van der Waals surface area contributed by atoms with E-state index in [2.05, 4.69) is 24.3 Å². The van der Waals surface area contributed by atoms with Gasteiger partial charge in [-0.1, -0.05) is 60.3 Å². The summed E-state index contributed by atoms with van der Waals surface area (Å²) in [5.74, 6) is 0. The molecule has 0 heterocycles. The minimum atomic E-state index is -2.17. The van der Waals surface area contributed by atoms with Gasteiger partial charge in [0.2, 0.25) is 0 Å². The molecule has 0 saturated carbocycles. The van der Waals surface area contributed by atoms with Crippen molar-refractivity contribution in [3.05, 3.63) is 90.0 Å². The molecule has 0 bridgehead atoms. The highest BCUT2D eigenvalue weighted by molar-refractivity contribution is 7.99. The van der Waals surface area contributed by atoms with Crippen LogP contribution in [0.5, 0.6) is 0 Å². The fourth-order valence-electron chi connectivity index (χ4n) is 2.31. The summed E-state index contributed by atoms with van der Waals surface area (Å²) >= 11 is -0.521. The maximum atomic E-state index is 10.9. The molecule has 0 spiro atoms. The second-order valence-electron chi connectivity index (χ2n) is 5.08. The Labute approximate surface area is 142 Å². The van der Waals surface area contributed by atoms with Gasteiger partial charge in [0.1, 0.15) is 0 Å². The van der Waals surface area contributed by atoms with E-state index in [-0.39, 0.29) is 0 Å². The number of benzene rings is 3. The van der Waals surface area contributed by atoms with Crippen molar-refractivity contribution < 1.29 is 8.76 Å². The molecule has 0 fully saturated rings. The zero-order chi connectivity index (χ0) is 16.1. The second kappa shape index (κ2) is 7.59. The Balaban J connectivity index is 1.81. The van der Waals surface area contributed by atoms with Gasteiger partial charge in [0.05, 0.1) is 0 Å². The van der Waals surface area contributed by atoms with Crippen molar-refractivity contribution in [1.29, 1.82) is 0 Å². The van der Waals surface area contributed by atoms with Gasteiger partial charge < -0.3 is 4.55 Å². The summed E-state index contributed by atoms with van der Waals surface area (Å²) in [6.07, 6.45) is 0.882. The van der Waals surface area contributed by atoms with Gasteiger partial charge in [0.25, 0.3) is 0 Å². The van der Waals surface area contributed by atoms with Crippen molar-refractivity contribution in [3.8, 4) is 0 Å². The van der Waals surface area contributed by atoms with Crippen molar-refractivity contribution in [1.82, 2.24) is 0 Å². The zero-order valence-electron chi connectivity index (χ0n) is 12.3. The van der Waals surface area contributed by atoms with Crippen LogP contribution in [0.4, 0.5) is 0 Å². The lowest BCUT2D eigenvalue weighted by Crippen LogP contribution is -1.91. The van der Waals surface area contributed by atoms with Crippen LogP contribution < -0.4 is 0 Å². The second-order valence-corrected chi connectivity index (χ2v) is 7.13. The van der Waals surface area contributed by atoms with Crippen LogP contribution >= 0.6 is 11.8 Å². The van der Waals surface area contributed by atoms with Crippen molar-refractivity contribution in [3.63, 3.8) is 0 Å². The van der Waals surface area contributed by atoms with Gasteiger partial charge in [0.15, 0.2) is 0 Å². The summed E-state index contributed by atoms with van der Waals surface area (Å²) in [7, 11) is 0. The highest BCUT2D eigenvalue weighted by Gasteiger charge is 2.05. The van der Waals surface area contributed by atoms with E-state index < -0.39 is 11.1 Å². The van der Waals surface area contributed by atoms with E-state index in [1.807, 2.05) is 42.5 Å². The molecule has 0 N–H and O–H groups in total. The third-order valence-corrected chi connectivity index (χ3v) is 5.24. The molecular formula is C19H15O2S2-. The summed E-state index contributed by atoms with van der Waals surface area (Å²) in [4.78, 5) is 2.53. The molecule has 0 aliphatic carbocycles. The zero-order valence-corrected chi connectivity index (χ0v) is 14.0. The first-order chi connectivity index (χ1) is 11.2. The standard InChI is InChI=1S/C19H16O2S2/c20-23(21)18-12-10-17(11-13-18)22-19-9-5-4-8-16(19)14-15-6-2-1-3-7-15/h1-13H,14H2,(H,20,21)/p-1. The van der Waals surface area contributed by atoms with E-state index in [9.17, 15) is 8.76 Å². The third-order valence-electron chi connectivity index (χ3n) is 3.45. The molecule has 23 heavy (non-hydrogen) atoms. The Kier molecular flexibility index (Phi) is 5.28. The molecule has 0 aliphatic heterocycles. The Morgan fingerprint density at radius 2 is 1.48 bits per heavy atom. The largest absolute Gasteiger partial charge is 0.768 e. The molecule has 1 atom stereocenters. The number of rotatable bonds is 5. The maximum Gasteiger partial charge on any atom is 0.0249 e. The number of hydrogen-bond donors (Lipinski definition) is 0. The van der Waals surface area contributed by atoms with Crippen LogP contribution in [0.2, 0.25) is 0 Å². The van der Waals surface area contributed by atoms with E-state index in [0.29, 0.717) is 4.90 Å². The van der Waals surface area contributed by atoms with Gasteiger partial charge in [-0.2, -0.15) is 0 Å². The maximum absolute atomic E-state index is 10.9. The monoisotopic (exact) mass is 339 g/mol. The minimum absolute atomic E-state index is 0.312. The highest BCUT2D eigenvalue weighted by atomic mass is 32.2. The van der Waals surface area contributed by atoms with Crippen LogP contribution in [-0.4, -0.2) is 8.76 Å². The van der Waals surface area contributed by atoms with Crippen LogP contribution in [0.25, 0.3) is 0 Å².